The van der Waals surface area contributed by atoms with Gasteiger partial charge in [0.1, 0.15) is 5.60 Å². The van der Waals surface area contributed by atoms with Crippen molar-refractivity contribution in [2.45, 2.75) is 37.3 Å². The molecule has 0 amide bonds. The molecule has 1 N–H and O–H groups in total. The molecule has 3 aliphatic rings. The number of hydrogen-bond acceptors (Lipinski definition) is 4. The summed E-state index contributed by atoms with van der Waals surface area (Å²) in [5, 5.41) is 10.3. The number of rotatable bonds is 3. The van der Waals surface area contributed by atoms with E-state index in [4.69, 9.17) is 0 Å². The first-order valence-electron chi connectivity index (χ1n) is 6.72. The fourth-order valence-corrected chi connectivity index (χ4v) is 2.91. The van der Waals surface area contributed by atoms with Gasteiger partial charge >= 0.3 is 0 Å². The minimum Gasteiger partial charge on any atom is -0.386 e. The predicted octanol–water partition coefficient (Wildman–Crippen LogP) is 0.539. The quantitative estimate of drug-likeness (QED) is 0.847. The van der Waals surface area contributed by atoms with E-state index in [1.807, 2.05) is 4.90 Å². The first kappa shape index (κ1) is 10.6. The molecule has 1 aliphatic heterocycles. The van der Waals surface area contributed by atoms with E-state index in [-0.39, 0.29) is 5.56 Å². The molecule has 1 aromatic rings. The molecule has 0 atom stereocenters. The second-order valence-electron chi connectivity index (χ2n) is 5.93. The molecule has 4 rings (SSSR count). The van der Waals surface area contributed by atoms with Crippen LogP contribution in [0.25, 0.3) is 0 Å². The van der Waals surface area contributed by atoms with Crippen LogP contribution < -0.4 is 10.5 Å². The van der Waals surface area contributed by atoms with Crippen molar-refractivity contribution in [3.05, 3.63) is 22.7 Å². The minimum atomic E-state index is -0.561. The Labute approximate surface area is 105 Å². The third-order valence-electron chi connectivity index (χ3n) is 4.36. The van der Waals surface area contributed by atoms with Gasteiger partial charge in [0.15, 0.2) is 5.82 Å². The van der Waals surface area contributed by atoms with Crippen LogP contribution in [-0.2, 0) is 0 Å². The summed E-state index contributed by atoms with van der Waals surface area (Å²) in [6.07, 6.45) is 7.91. The molecule has 96 valence electrons. The summed E-state index contributed by atoms with van der Waals surface area (Å²) in [6.45, 7) is 1.13. The molecule has 0 aromatic carbocycles. The van der Waals surface area contributed by atoms with Crippen LogP contribution in [0.4, 0.5) is 5.82 Å². The monoisotopic (exact) mass is 247 g/mol. The van der Waals surface area contributed by atoms with Crippen molar-refractivity contribution in [1.82, 2.24) is 9.55 Å². The predicted molar refractivity (Wildman–Crippen MR) is 66.7 cm³/mol. The van der Waals surface area contributed by atoms with Gasteiger partial charge in [-0.1, -0.05) is 0 Å². The minimum absolute atomic E-state index is 0.00199. The van der Waals surface area contributed by atoms with Gasteiger partial charge in [-0.2, -0.15) is 0 Å². The van der Waals surface area contributed by atoms with E-state index in [2.05, 4.69) is 4.98 Å². The standard InChI is InChI=1S/C13H17N3O2/c17-12-11(14-5-6-16(12)10-3-4-10)15-7-13(18,8-15)9-1-2-9/h5-6,9-10,18H,1-4,7-8H2. The van der Waals surface area contributed by atoms with Gasteiger partial charge in [-0.05, 0) is 31.6 Å². The maximum atomic E-state index is 12.3. The van der Waals surface area contributed by atoms with Crippen molar-refractivity contribution in [2.24, 2.45) is 5.92 Å². The number of β-amino-alcohol motifs (C(OH)–C–C–N with tert-alkyl or cyclic N) is 1. The smallest absolute Gasteiger partial charge is 0.293 e. The fourth-order valence-electron chi connectivity index (χ4n) is 2.91. The first-order chi connectivity index (χ1) is 8.67. The zero-order valence-corrected chi connectivity index (χ0v) is 10.2. The fraction of sp³-hybridized carbons (Fsp3) is 0.692. The largest absolute Gasteiger partial charge is 0.386 e. The molecule has 1 saturated heterocycles. The van der Waals surface area contributed by atoms with Crippen LogP contribution in [0.1, 0.15) is 31.7 Å². The molecule has 2 heterocycles. The van der Waals surface area contributed by atoms with E-state index in [1.54, 1.807) is 17.0 Å². The highest BCUT2D eigenvalue weighted by Crippen LogP contribution is 2.45. The van der Waals surface area contributed by atoms with E-state index in [0.717, 1.165) is 25.7 Å². The number of aliphatic hydroxyl groups is 1. The molecular formula is C13H17N3O2. The third kappa shape index (κ3) is 1.50. The zero-order valence-electron chi connectivity index (χ0n) is 10.2. The van der Waals surface area contributed by atoms with Crippen LogP contribution in [0.2, 0.25) is 0 Å². The SMILES string of the molecule is O=c1c(N2CC(O)(C3CC3)C2)nccn1C1CC1. The number of nitrogens with zero attached hydrogens (tertiary/aromatic N) is 3. The molecule has 0 bridgehead atoms. The van der Waals surface area contributed by atoms with E-state index in [1.165, 1.54) is 0 Å². The van der Waals surface area contributed by atoms with Crippen molar-refractivity contribution in [3.8, 4) is 0 Å². The number of aromatic nitrogens is 2. The Morgan fingerprint density at radius 3 is 2.61 bits per heavy atom. The maximum Gasteiger partial charge on any atom is 0.293 e. The molecule has 5 heteroatoms. The first-order valence-corrected chi connectivity index (χ1v) is 6.72. The van der Waals surface area contributed by atoms with Gasteiger partial charge in [0.2, 0.25) is 0 Å². The van der Waals surface area contributed by atoms with Crippen molar-refractivity contribution in [3.63, 3.8) is 0 Å². The molecule has 0 radical (unpaired) electrons. The Morgan fingerprint density at radius 2 is 2.00 bits per heavy atom. The van der Waals surface area contributed by atoms with Gasteiger partial charge in [0.05, 0.1) is 13.1 Å². The third-order valence-corrected chi connectivity index (χ3v) is 4.36. The zero-order chi connectivity index (χ0) is 12.3. The highest BCUT2D eigenvalue weighted by atomic mass is 16.3. The molecule has 1 aromatic heterocycles. The van der Waals surface area contributed by atoms with E-state index >= 15 is 0 Å². The highest BCUT2D eigenvalue weighted by Gasteiger charge is 2.52. The van der Waals surface area contributed by atoms with Crippen molar-refractivity contribution < 1.29 is 5.11 Å². The number of hydrogen-bond donors (Lipinski definition) is 1. The van der Waals surface area contributed by atoms with Gasteiger partial charge < -0.3 is 14.6 Å². The summed E-state index contributed by atoms with van der Waals surface area (Å²) in [5.74, 6) is 0.956. The van der Waals surface area contributed by atoms with Crippen LogP contribution in [0.3, 0.4) is 0 Å². The summed E-state index contributed by atoms with van der Waals surface area (Å²) in [7, 11) is 0. The normalized spacial score (nSPS) is 25.9. The molecule has 3 fully saturated rings. The molecule has 0 unspecified atom stereocenters. The molecule has 5 nitrogen and oxygen atoms in total. The lowest BCUT2D eigenvalue weighted by atomic mass is 9.89. The molecule has 2 aliphatic carbocycles. The lowest BCUT2D eigenvalue weighted by molar-refractivity contribution is -0.00993. The highest BCUT2D eigenvalue weighted by molar-refractivity contribution is 5.43. The van der Waals surface area contributed by atoms with Crippen LogP contribution in [-0.4, -0.2) is 33.3 Å². The van der Waals surface area contributed by atoms with Gasteiger partial charge in [0.25, 0.3) is 5.56 Å². The Balaban J connectivity index is 1.59. The van der Waals surface area contributed by atoms with Crippen LogP contribution in [0.5, 0.6) is 0 Å². The van der Waals surface area contributed by atoms with Crippen LogP contribution in [0, 0.1) is 5.92 Å². The Hall–Kier alpha value is -1.36. The summed E-state index contributed by atoms with van der Waals surface area (Å²) in [5.41, 5.74) is -0.563. The summed E-state index contributed by atoms with van der Waals surface area (Å²) in [4.78, 5) is 18.4. The molecule has 18 heavy (non-hydrogen) atoms. The Morgan fingerprint density at radius 1 is 1.28 bits per heavy atom. The topological polar surface area (TPSA) is 58.4 Å². The lowest BCUT2D eigenvalue weighted by Crippen LogP contribution is -2.64. The van der Waals surface area contributed by atoms with Gasteiger partial charge in [-0.25, -0.2) is 4.98 Å². The average molecular weight is 247 g/mol. The summed E-state index contributed by atoms with van der Waals surface area (Å²) < 4.78 is 1.79. The maximum absolute atomic E-state index is 12.3. The Kier molecular flexibility index (Phi) is 1.96. The van der Waals surface area contributed by atoms with Crippen LogP contribution >= 0.6 is 0 Å². The van der Waals surface area contributed by atoms with Gasteiger partial charge in [0, 0.05) is 18.4 Å². The second-order valence-corrected chi connectivity index (χ2v) is 5.93. The molecule has 2 saturated carbocycles. The van der Waals surface area contributed by atoms with Gasteiger partial charge in [-0.15, -0.1) is 0 Å². The summed E-state index contributed by atoms with van der Waals surface area (Å²) >= 11 is 0. The Bertz CT molecular complexity index is 539. The van der Waals surface area contributed by atoms with Crippen molar-refractivity contribution >= 4 is 5.82 Å². The number of anilines is 1. The summed E-state index contributed by atoms with van der Waals surface area (Å²) in [6, 6.07) is 0.378. The van der Waals surface area contributed by atoms with E-state index < -0.39 is 5.60 Å². The average Bonchev–Trinajstić information content (AvgIpc) is 3.15. The van der Waals surface area contributed by atoms with Gasteiger partial charge in [-0.3, -0.25) is 4.79 Å². The van der Waals surface area contributed by atoms with E-state index in [0.29, 0.717) is 30.9 Å². The van der Waals surface area contributed by atoms with Crippen molar-refractivity contribution in [2.75, 3.05) is 18.0 Å². The van der Waals surface area contributed by atoms with Crippen molar-refractivity contribution in [1.29, 1.82) is 0 Å². The molecule has 0 spiro atoms. The lowest BCUT2D eigenvalue weighted by Gasteiger charge is -2.47. The van der Waals surface area contributed by atoms with Crippen LogP contribution in [0.15, 0.2) is 17.2 Å². The van der Waals surface area contributed by atoms with E-state index in [9.17, 15) is 9.90 Å². The second kappa shape index (κ2) is 3.35. The molecular weight excluding hydrogens is 230 g/mol.